The van der Waals surface area contributed by atoms with Crippen LogP contribution in [0.15, 0.2) is 35.3 Å². The van der Waals surface area contributed by atoms with Crippen LogP contribution in [0.4, 0.5) is 0 Å². The van der Waals surface area contributed by atoms with Crippen LogP contribution in [-0.4, -0.2) is 16.8 Å². The fraction of sp³-hybridized carbons (Fsp3) is 0.417. The highest BCUT2D eigenvalue weighted by molar-refractivity contribution is 9.10. The first-order chi connectivity index (χ1) is 7.28. The van der Waals surface area contributed by atoms with E-state index in [-0.39, 0.29) is 10.4 Å². The van der Waals surface area contributed by atoms with E-state index < -0.39 is 0 Å². The first-order valence-corrected chi connectivity index (χ1v) is 6.02. The molecule has 1 aromatic rings. The van der Waals surface area contributed by atoms with Gasteiger partial charge in [-0.3, -0.25) is 0 Å². The first kappa shape index (κ1) is 9.40. The predicted molar refractivity (Wildman–Crippen MR) is 63.5 cm³/mol. The van der Waals surface area contributed by atoms with Crippen LogP contribution in [0.25, 0.3) is 0 Å². The van der Waals surface area contributed by atoms with Gasteiger partial charge in [0.25, 0.3) is 0 Å². The second kappa shape index (κ2) is 3.34. The zero-order chi connectivity index (χ0) is 10.3. The summed E-state index contributed by atoms with van der Waals surface area (Å²) < 4.78 is 5.73. The van der Waals surface area contributed by atoms with E-state index in [4.69, 9.17) is 4.74 Å². The van der Waals surface area contributed by atoms with Crippen molar-refractivity contribution >= 4 is 21.8 Å². The van der Waals surface area contributed by atoms with Crippen molar-refractivity contribution in [3.63, 3.8) is 0 Å². The average Bonchev–Trinajstić information content (AvgIpc) is 2.85. The minimum atomic E-state index is 0.0799. The van der Waals surface area contributed by atoms with Crippen LogP contribution < -0.4 is 0 Å². The Labute approximate surface area is 97.5 Å². The number of aliphatic imine (C=N–C) groups is 1. The lowest BCUT2D eigenvalue weighted by Crippen LogP contribution is -2.14. The van der Waals surface area contributed by atoms with Crippen LogP contribution in [0.2, 0.25) is 0 Å². The zero-order valence-corrected chi connectivity index (χ0v) is 9.90. The lowest BCUT2D eigenvalue weighted by Gasteiger charge is -2.04. The molecule has 0 spiro atoms. The summed E-state index contributed by atoms with van der Waals surface area (Å²) in [6, 6.07) is 10.5. The fourth-order valence-electron chi connectivity index (χ4n) is 1.79. The van der Waals surface area contributed by atoms with E-state index >= 15 is 0 Å². The Hall–Kier alpha value is -0.830. The Kier molecular flexibility index (Phi) is 2.09. The van der Waals surface area contributed by atoms with Gasteiger partial charge < -0.3 is 4.74 Å². The molecule has 0 bridgehead atoms. The van der Waals surface area contributed by atoms with Gasteiger partial charge >= 0.3 is 0 Å². The number of nitrogens with zero attached hydrogens (tertiary/aromatic N) is 1. The molecule has 0 aromatic heterocycles. The highest BCUT2D eigenvalue weighted by Crippen LogP contribution is 2.48. The molecule has 1 aromatic carbocycles. The summed E-state index contributed by atoms with van der Waals surface area (Å²) in [4.78, 5) is 4.64. The number of hydrogen-bond donors (Lipinski definition) is 0. The molecule has 78 valence electrons. The molecule has 1 atom stereocenters. The minimum Gasteiger partial charge on any atom is -0.477 e. The van der Waals surface area contributed by atoms with E-state index in [1.54, 1.807) is 0 Å². The summed E-state index contributed by atoms with van der Waals surface area (Å²) in [7, 11) is 0. The van der Waals surface area contributed by atoms with Crippen molar-refractivity contribution in [3.05, 3.63) is 35.9 Å². The third kappa shape index (κ3) is 1.69. The van der Waals surface area contributed by atoms with Gasteiger partial charge in [-0.15, -0.1) is 0 Å². The molecular weight excluding hydrogens is 254 g/mol. The van der Waals surface area contributed by atoms with Crippen molar-refractivity contribution in [2.45, 2.75) is 23.2 Å². The monoisotopic (exact) mass is 265 g/mol. The van der Waals surface area contributed by atoms with Crippen LogP contribution >= 0.6 is 15.9 Å². The first-order valence-electron chi connectivity index (χ1n) is 5.23. The van der Waals surface area contributed by atoms with Gasteiger partial charge in [0.2, 0.25) is 5.90 Å². The number of benzene rings is 1. The van der Waals surface area contributed by atoms with Gasteiger partial charge in [0.15, 0.2) is 0 Å². The third-order valence-electron chi connectivity index (χ3n) is 2.91. The molecule has 0 saturated heterocycles. The van der Waals surface area contributed by atoms with Gasteiger partial charge in [-0.1, -0.05) is 46.3 Å². The molecule has 0 N–H and O–H groups in total. The molecule has 1 saturated carbocycles. The van der Waals surface area contributed by atoms with E-state index in [2.05, 4.69) is 33.1 Å². The van der Waals surface area contributed by atoms with Crippen molar-refractivity contribution in [1.29, 1.82) is 0 Å². The molecule has 1 aliphatic carbocycles. The predicted octanol–water partition coefficient (Wildman–Crippen LogP) is 3.08. The van der Waals surface area contributed by atoms with Crippen molar-refractivity contribution < 1.29 is 4.74 Å². The molecular formula is C12H12BrNO. The molecule has 1 aliphatic heterocycles. The van der Waals surface area contributed by atoms with Gasteiger partial charge in [0, 0.05) is 0 Å². The molecule has 1 heterocycles. The average molecular weight is 266 g/mol. The van der Waals surface area contributed by atoms with Gasteiger partial charge in [-0.2, -0.15) is 0 Å². The van der Waals surface area contributed by atoms with Gasteiger partial charge in [0.1, 0.15) is 17.0 Å². The molecule has 2 aliphatic rings. The van der Waals surface area contributed by atoms with Crippen molar-refractivity contribution in [1.82, 2.24) is 0 Å². The second-order valence-corrected chi connectivity index (χ2v) is 5.66. The zero-order valence-electron chi connectivity index (χ0n) is 8.32. The normalized spacial score (nSPS) is 27.0. The summed E-state index contributed by atoms with van der Waals surface area (Å²) in [6.07, 6.45) is 2.29. The van der Waals surface area contributed by atoms with Crippen LogP contribution in [0.3, 0.4) is 0 Å². The summed E-state index contributed by atoms with van der Waals surface area (Å²) in [5.74, 6) is 0.899. The quantitative estimate of drug-likeness (QED) is 0.754. The van der Waals surface area contributed by atoms with Gasteiger partial charge in [-0.05, 0) is 18.4 Å². The largest absolute Gasteiger partial charge is 0.477 e. The van der Waals surface area contributed by atoms with Crippen LogP contribution in [-0.2, 0) is 4.74 Å². The van der Waals surface area contributed by atoms with E-state index in [9.17, 15) is 0 Å². The number of alkyl halides is 1. The smallest absolute Gasteiger partial charge is 0.201 e. The summed E-state index contributed by atoms with van der Waals surface area (Å²) in [5.41, 5.74) is 1.24. The topological polar surface area (TPSA) is 21.6 Å². The Morgan fingerprint density at radius 1 is 1.27 bits per heavy atom. The van der Waals surface area contributed by atoms with Crippen LogP contribution in [0.1, 0.15) is 24.4 Å². The Morgan fingerprint density at radius 2 is 2.00 bits per heavy atom. The summed E-state index contributed by atoms with van der Waals surface area (Å²) in [5, 5.41) is 0. The maximum absolute atomic E-state index is 5.65. The lowest BCUT2D eigenvalue weighted by molar-refractivity contribution is 0.312. The van der Waals surface area contributed by atoms with E-state index in [1.165, 1.54) is 5.56 Å². The Balaban J connectivity index is 1.83. The molecule has 15 heavy (non-hydrogen) atoms. The molecule has 3 rings (SSSR count). The van der Waals surface area contributed by atoms with E-state index in [0.717, 1.165) is 18.7 Å². The highest BCUT2D eigenvalue weighted by Gasteiger charge is 2.48. The molecule has 0 radical (unpaired) electrons. The van der Waals surface area contributed by atoms with Crippen LogP contribution in [0.5, 0.6) is 0 Å². The molecule has 3 heteroatoms. The second-order valence-electron chi connectivity index (χ2n) is 4.14. The van der Waals surface area contributed by atoms with Crippen LogP contribution in [0, 0.1) is 0 Å². The number of rotatable bonds is 2. The SMILES string of the molecule is BrC1(C2=NC(c3ccccc3)CO2)CC1. The van der Waals surface area contributed by atoms with Gasteiger partial charge in [-0.25, -0.2) is 4.99 Å². The van der Waals surface area contributed by atoms with Crippen molar-refractivity contribution in [2.75, 3.05) is 6.61 Å². The van der Waals surface area contributed by atoms with E-state index in [1.807, 2.05) is 18.2 Å². The van der Waals surface area contributed by atoms with Crippen molar-refractivity contribution in [3.8, 4) is 0 Å². The Bertz CT molecular complexity index is 397. The summed E-state index contributed by atoms with van der Waals surface area (Å²) in [6.45, 7) is 0.687. The fourth-order valence-corrected chi connectivity index (χ4v) is 2.20. The molecule has 1 unspecified atom stereocenters. The lowest BCUT2D eigenvalue weighted by atomic mass is 10.1. The number of halogens is 1. The van der Waals surface area contributed by atoms with Gasteiger partial charge in [0.05, 0.1) is 0 Å². The summed E-state index contributed by atoms with van der Waals surface area (Å²) >= 11 is 3.66. The highest BCUT2D eigenvalue weighted by atomic mass is 79.9. The molecule has 2 nitrogen and oxygen atoms in total. The minimum absolute atomic E-state index is 0.0799. The maximum Gasteiger partial charge on any atom is 0.201 e. The number of hydrogen-bond acceptors (Lipinski definition) is 2. The number of ether oxygens (including phenoxy) is 1. The molecule has 0 amide bonds. The molecule has 1 fully saturated rings. The van der Waals surface area contributed by atoms with E-state index in [0.29, 0.717) is 6.61 Å². The standard InChI is InChI=1S/C12H12BrNO/c13-12(6-7-12)11-14-10(8-15-11)9-4-2-1-3-5-9/h1-5,10H,6-8H2. The maximum atomic E-state index is 5.65. The van der Waals surface area contributed by atoms with Crippen molar-refractivity contribution in [2.24, 2.45) is 4.99 Å². The third-order valence-corrected chi connectivity index (χ3v) is 4.04. The Morgan fingerprint density at radius 3 is 2.67 bits per heavy atom.